The van der Waals surface area contributed by atoms with Gasteiger partial charge in [-0.05, 0) is 30.7 Å². The van der Waals surface area contributed by atoms with Gasteiger partial charge < -0.3 is 19.3 Å². The molecule has 8 heteroatoms. The number of carbonyl (C=O) groups excluding carboxylic acids is 2. The molecule has 1 saturated heterocycles. The Morgan fingerprint density at radius 1 is 1.38 bits per heavy atom. The highest BCUT2D eigenvalue weighted by Gasteiger charge is 2.32. The molecule has 0 radical (unpaired) electrons. The van der Waals surface area contributed by atoms with Gasteiger partial charge in [-0.15, -0.1) is 0 Å². The van der Waals surface area contributed by atoms with E-state index < -0.39 is 0 Å². The van der Waals surface area contributed by atoms with Crippen LogP contribution in [0.15, 0.2) is 47.7 Å². The minimum atomic E-state index is -0.235. The van der Waals surface area contributed by atoms with Gasteiger partial charge in [-0.2, -0.15) is 5.10 Å². The number of piperazine rings is 1. The van der Waals surface area contributed by atoms with Crippen molar-refractivity contribution >= 4 is 11.8 Å². The molecule has 2 amide bonds. The van der Waals surface area contributed by atoms with E-state index in [1.165, 1.54) is 6.08 Å². The number of amides is 2. The van der Waals surface area contributed by atoms with E-state index in [9.17, 15) is 14.7 Å². The largest absolute Gasteiger partial charge is 0.454 e. The number of aliphatic hydroxyl groups is 1. The Bertz CT molecular complexity index is 768. The molecular weight excluding hydrogens is 336 g/mol. The lowest BCUT2D eigenvalue weighted by molar-refractivity contribution is -0.130. The van der Waals surface area contributed by atoms with E-state index in [-0.39, 0.29) is 30.2 Å². The van der Waals surface area contributed by atoms with Gasteiger partial charge in [-0.1, -0.05) is 6.58 Å². The number of aliphatic hydroxyl groups excluding tert-OH is 1. The fourth-order valence-electron chi connectivity index (χ4n) is 3.13. The molecule has 1 aliphatic heterocycles. The molecule has 0 aliphatic carbocycles. The Morgan fingerprint density at radius 3 is 2.92 bits per heavy atom. The quantitative estimate of drug-likeness (QED) is 0.769. The average molecular weight is 358 g/mol. The second-order valence-electron chi connectivity index (χ2n) is 6.12. The molecule has 1 unspecified atom stereocenters. The zero-order valence-corrected chi connectivity index (χ0v) is 14.5. The SMILES string of the molecule is C=CC(=O)N1CCN(C(=O)c2ccc(Cn3cccn3)o2)CC1CCO. The van der Waals surface area contributed by atoms with Crippen molar-refractivity contribution in [3.05, 3.63) is 54.8 Å². The molecule has 3 heterocycles. The lowest BCUT2D eigenvalue weighted by Crippen LogP contribution is -2.56. The van der Waals surface area contributed by atoms with Crippen molar-refractivity contribution in [1.82, 2.24) is 19.6 Å². The van der Waals surface area contributed by atoms with Crippen LogP contribution >= 0.6 is 0 Å². The molecule has 0 saturated carbocycles. The maximum Gasteiger partial charge on any atom is 0.289 e. The average Bonchev–Trinajstić information content (AvgIpc) is 3.33. The van der Waals surface area contributed by atoms with E-state index in [2.05, 4.69) is 11.7 Å². The fraction of sp³-hybridized carbons (Fsp3) is 0.389. The third-order valence-electron chi connectivity index (χ3n) is 4.44. The highest BCUT2D eigenvalue weighted by Crippen LogP contribution is 2.18. The van der Waals surface area contributed by atoms with Crippen molar-refractivity contribution in [2.24, 2.45) is 0 Å². The minimum absolute atomic E-state index is 0.0532. The van der Waals surface area contributed by atoms with Crippen LogP contribution in [0.3, 0.4) is 0 Å². The number of hydrogen-bond donors (Lipinski definition) is 1. The summed E-state index contributed by atoms with van der Waals surface area (Å²) in [5.74, 6) is 0.503. The second-order valence-corrected chi connectivity index (χ2v) is 6.12. The van der Waals surface area contributed by atoms with Gasteiger partial charge in [0.25, 0.3) is 5.91 Å². The summed E-state index contributed by atoms with van der Waals surface area (Å²) in [6, 6.07) is 5.00. The van der Waals surface area contributed by atoms with Gasteiger partial charge in [0.15, 0.2) is 5.76 Å². The van der Waals surface area contributed by atoms with Crippen LogP contribution < -0.4 is 0 Å². The van der Waals surface area contributed by atoms with Gasteiger partial charge in [0, 0.05) is 38.6 Å². The number of nitrogens with zero attached hydrogens (tertiary/aromatic N) is 4. The van der Waals surface area contributed by atoms with Crippen molar-refractivity contribution in [2.75, 3.05) is 26.2 Å². The van der Waals surface area contributed by atoms with Gasteiger partial charge in [0.05, 0.1) is 12.6 Å². The number of carbonyl (C=O) groups is 2. The summed E-state index contributed by atoms with van der Waals surface area (Å²) in [5, 5.41) is 13.4. The first-order valence-electron chi connectivity index (χ1n) is 8.51. The normalized spacial score (nSPS) is 17.3. The van der Waals surface area contributed by atoms with Gasteiger partial charge in [-0.3, -0.25) is 14.3 Å². The second kappa shape index (κ2) is 8.01. The molecule has 138 valence electrons. The summed E-state index contributed by atoms with van der Waals surface area (Å²) in [5.41, 5.74) is 0. The summed E-state index contributed by atoms with van der Waals surface area (Å²) < 4.78 is 7.38. The smallest absolute Gasteiger partial charge is 0.289 e. The zero-order valence-electron chi connectivity index (χ0n) is 14.5. The molecule has 2 aromatic heterocycles. The van der Waals surface area contributed by atoms with Crippen molar-refractivity contribution in [2.45, 2.75) is 19.0 Å². The molecule has 1 N–H and O–H groups in total. The molecule has 1 fully saturated rings. The first-order valence-corrected chi connectivity index (χ1v) is 8.51. The predicted octanol–water partition coefficient (Wildman–Crippen LogP) is 0.746. The first-order chi connectivity index (χ1) is 12.6. The first kappa shape index (κ1) is 17.9. The number of hydrogen-bond acceptors (Lipinski definition) is 5. The summed E-state index contributed by atoms with van der Waals surface area (Å²) in [6.07, 6.45) is 5.17. The zero-order chi connectivity index (χ0) is 18.5. The Hall–Kier alpha value is -2.87. The van der Waals surface area contributed by atoms with Crippen molar-refractivity contribution in [1.29, 1.82) is 0 Å². The Kier molecular flexibility index (Phi) is 5.52. The Morgan fingerprint density at radius 2 is 2.23 bits per heavy atom. The van der Waals surface area contributed by atoms with E-state index in [1.54, 1.807) is 32.8 Å². The van der Waals surface area contributed by atoms with Crippen molar-refractivity contribution < 1.29 is 19.1 Å². The fourth-order valence-corrected chi connectivity index (χ4v) is 3.13. The van der Waals surface area contributed by atoms with Crippen LogP contribution in [0.2, 0.25) is 0 Å². The molecule has 1 atom stereocenters. The Balaban J connectivity index is 1.67. The highest BCUT2D eigenvalue weighted by atomic mass is 16.4. The van der Waals surface area contributed by atoms with Crippen molar-refractivity contribution in [3.63, 3.8) is 0 Å². The molecule has 0 spiro atoms. The number of rotatable bonds is 6. The minimum Gasteiger partial charge on any atom is -0.454 e. The predicted molar refractivity (Wildman–Crippen MR) is 93.3 cm³/mol. The highest BCUT2D eigenvalue weighted by molar-refractivity contribution is 5.92. The van der Waals surface area contributed by atoms with Gasteiger partial charge in [-0.25, -0.2) is 0 Å². The standard InChI is InChI=1S/C18H22N4O4/c1-2-17(24)22-10-9-20(12-14(22)6-11-23)18(25)16-5-4-15(26-16)13-21-8-3-7-19-21/h2-5,7-8,14,23H,1,6,9-13H2. The Labute approximate surface area is 151 Å². The van der Waals surface area contributed by atoms with E-state index in [0.29, 0.717) is 38.4 Å². The third kappa shape index (κ3) is 3.85. The van der Waals surface area contributed by atoms with Crippen molar-refractivity contribution in [3.8, 4) is 0 Å². The molecule has 0 aromatic carbocycles. The summed E-state index contributed by atoms with van der Waals surface area (Å²) in [6.45, 7) is 5.08. The lowest BCUT2D eigenvalue weighted by atomic mass is 10.1. The molecule has 0 bridgehead atoms. The summed E-state index contributed by atoms with van der Waals surface area (Å²) in [7, 11) is 0. The van der Waals surface area contributed by atoms with E-state index >= 15 is 0 Å². The monoisotopic (exact) mass is 358 g/mol. The maximum absolute atomic E-state index is 12.7. The maximum atomic E-state index is 12.7. The van der Waals surface area contributed by atoms with Gasteiger partial charge >= 0.3 is 0 Å². The lowest BCUT2D eigenvalue weighted by Gasteiger charge is -2.40. The molecule has 8 nitrogen and oxygen atoms in total. The van der Waals surface area contributed by atoms with E-state index in [1.807, 2.05) is 12.3 Å². The van der Waals surface area contributed by atoms with E-state index in [0.717, 1.165) is 0 Å². The summed E-state index contributed by atoms with van der Waals surface area (Å²) in [4.78, 5) is 28.0. The van der Waals surface area contributed by atoms with Gasteiger partial charge in [0.1, 0.15) is 5.76 Å². The van der Waals surface area contributed by atoms with Crippen LogP contribution in [0.1, 0.15) is 22.7 Å². The van der Waals surface area contributed by atoms with Crippen LogP contribution in [-0.2, 0) is 11.3 Å². The molecule has 3 rings (SSSR count). The van der Waals surface area contributed by atoms with Crippen LogP contribution in [0.4, 0.5) is 0 Å². The van der Waals surface area contributed by atoms with E-state index in [4.69, 9.17) is 4.42 Å². The van der Waals surface area contributed by atoms with Crippen LogP contribution in [-0.4, -0.2) is 68.8 Å². The molecule has 26 heavy (non-hydrogen) atoms. The molecular formula is C18H22N4O4. The number of aromatic nitrogens is 2. The van der Waals surface area contributed by atoms with Crippen LogP contribution in [0, 0.1) is 0 Å². The van der Waals surface area contributed by atoms with Gasteiger partial charge in [0.2, 0.25) is 5.91 Å². The topological polar surface area (TPSA) is 91.8 Å². The summed E-state index contributed by atoms with van der Waals surface area (Å²) >= 11 is 0. The third-order valence-corrected chi connectivity index (χ3v) is 4.44. The van der Waals surface area contributed by atoms with Crippen LogP contribution in [0.5, 0.6) is 0 Å². The van der Waals surface area contributed by atoms with Crippen LogP contribution in [0.25, 0.3) is 0 Å². The molecule has 1 aliphatic rings. The molecule has 2 aromatic rings. The number of furan rings is 1.